The number of hydrogen-bond donors (Lipinski definition) is 1. The molecule has 0 heterocycles. The number of nitrogens with zero attached hydrogens (tertiary/aromatic N) is 2. The molecule has 0 radical (unpaired) electrons. The van der Waals surface area contributed by atoms with Gasteiger partial charge in [0, 0.05) is 45.3 Å². The zero-order valence-corrected chi connectivity index (χ0v) is 25.8. The molecule has 42 heavy (non-hydrogen) atoms. The van der Waals surface area contributed by atoms with Gasteiger partial charge in [0.1, 0.15) is 12.4 Å². The van der Waals surface area contributed by atoms with Gasteiger partial charge in [-0.15, -0.1) is 0 Å². The van der Waals surface area contributed by atoms with Crippen LogP contribution in [-0.4, -0.2) is 82.2 Å². The number of phenolic OH excluding ortho intramolecular Hbond substituents is 1. The van der Waals surface area contributed by atoms with E-state index in [0.29, 0.717) is 24.8 Å². The van der Waals surface area contributed by atoms with Crippen LogP contribution in [0.15, 0.2) is 60.1 Å². The van der Waals surface area contributed by atoms with Crippen LogP contribution in [0, 0.1) is 17.7 Å². The third-order valence-electron chi connectivity index (χ3n) is 8.57. The zero-order valence-electron chi connectivity index (χ0n) is 25.8. The molecule has 0 spiro atoms. The summed E-state index contributed by atoms with van der Waals surface area (Å²) in [4.78, 5) is 4.54. The monoisotopic (exact) mass is 582 g/mol. The Morgan fingerprint density at radius 2 is 1.74 bits per heavy atom. The van der Waals surface area contributed by atoms with Crippen LogP contribution in [0.25, 0.3) is 0 Å². The molecule has 2 aromatic rings. The molecule has 0 bridgehead atoms. The summed E-state index contributed by atoms with van der Waals surface area (Å²) in [5.74, 6) is 2.32. The number of rotatable bonds is 15. The SMILES string of the molecule is CCN(Cc1ccc(OCCN(C)CCCOC)c(F)c1)C1C=C(OC)C(OC)=CC1[C@@H]1CCc2cc(O)ccc2C1. The normalized spacial score (nSPS) is 20.2. The van der Waals surface area contributed by atoms with Crippen molar-refractivity contribution in [2.45, 2.75) is 45.2 Å². The van der Waals surface area contributed by atoms with Crippen molar-refractivity contribution >= 4 is 0 Å². The first kappa shape index (κ1) is 31.9. The largest absolute Gasteiger partial charge is 0.508 e. The Morgan fingerprint density at radius 1 is 0.952 bits per heavy atom. The van der Waals surface area contributed by atoms with Gasteiger partial charge < -0.3 is 29.0 Å². The van der Waals surface area contributed by atoms with Gasteiger partial charge in [-0.2, -0.15) is 0 Å². The van der Waals surface area contributed by atoms with E-state index in [2.05, 4.69) is 34.9 Å². The average molecular weight is 583 g/mol. The Kier molecular flexibility index (Phi) is 11.7. The molecule has 0 aromatic heterocycles. The van der Waals surface area contributed by atoms with Crippen molar-refractivity contribution in [3.8, 4) is 11.5 Å². The average Bonchev–Trinajstić information content (AvgIpc) is 3.00. The third kappa shape index (κ3) is 8.06. The maximum absolute atomic E-state index is 15.1. The minimum Gasteiger partial charge on any atom is -0.508 e. The van der Waals surface area contributed by atoms with E-state index in [1.165, 1.54) is 11.1 Å². The maximum Gasteiger partial charge on any atom is 0.165 e. The summed E-state index contributed by atoms with van der Waals surface area (Å²) in [6.45, 7) is 6.30. The number of ether oxygens (including phenoxy) is 4. The number of phenols is 1. The first-order chi connectivity index (χ1) is 20.4. The first-order valence-electron chi connectivity index (χ1n) is 15.0. The summed E-state index contributed by atoms with van der Waals surface area (Å²) in [5, 5.41) is 9.96. The molecule has 0 fully saturated rings. The van der Waals surface area contributed by atoms with Crippen molar-refractivity contribution in [2.24, 2.45) is 11.8 Å². The van der Waals surface area contributed by atoms with Crippen LogP contribution < -0.4 is 4.74 Å². The molecule has 0 saturated heterocycles. The number of aromatic hydroxyl groups is 1. The zero-order chi connectivity index (χ0) is 30.1. The highest BCUT2D eigenvalue weighted by Gasteiger charge is 2.37. The molecule has 230 valence electrons. The second kappa shape index (κ2) is 15.4. The van der Waals surface area contributed by atoms with Gasteiger partial charge in [-0.1, -0.05) is 19.1 Å². The minimum atomic E-state index is -0.340. The predicted molar refractivity (Wildman–Crippen MR) is 163 cm³/mol. The Hall–Kier alpha value is -3.07. The summed E-state index contributed by atoms with van der Waals surface area (Å²) in [6.07, 6.45) is 8.20. The number of methoxy groups -OCH3 is 3. The van der Waals surface area contributed by atoms with Gasteiger partial charge in [0.25, 0.3) is 0 Å². The lowest BCUT2D eigenvalue weighted by Gasteiger charge is -2.41. The molecule has 0 amide bonds. The van der Waals surface area contributed by atoms with E-state index < -0.39 is 0 Å². The second-order valence-electron chi connectivity index (χ2n) is 11.3. The van der Waals surface area contributed by atoms with Crippen LogP contribution in [0.3, 0.4) is 0 Å². The molecule has 2 aliphatic carbocycles. The highest BCUT2D eigenvalue weighted by molar-refractivity contribution is 5.38. The van der Waals surface area contributed by atoms with Crippen LogP contribution >= 0.6 is 0 Å². The predicted octanol–water partition coefficient (Wildman–Crippen LogP) is 5.56. The van der Waals surface area contributed by atoms with Gasteiger partial charge >= 0.3 is 0 Å². The summed E-state index contributed by atoms with van der Waals surface area (Å²) in [7, 11) is 7.08. The lowest BCUT2D eigenvalue weighted by atomic mass is 9.72. The molecular formula is C34H47FN2O5. The Bertz CT molecular complexity index is 1230. The van der Waals surface area contributed by atoms with Crippen molar-refractivity contribution < 1.29 is 28.4 Å². The van der Waals surface area contributed by atoms with Crippen LogP contribution in [0.5, 0.6) is 11.5 Å². The van der Waals surface area contributed by atoms with Crippen molar-refractivity contribution in [1.82, 2.24) is 9.80 Å². The van der Waals surface area contributed by atoms with Crippen molar-refractivity contribution in [3.63, 3.8) is 0 Å². The molecule has 0 saturated carbocycles. The van der Waals surface area contributed by atoms with E-state index in [-0.39, 0.29) is 23.5 Å². The molecule has 7 nitrogen and oxygen atoms in total. The molecule has 2 aromatic carbocycles. The molecule has 2 aliphatic rings. The van der Waals surface area contributed by atoms with Crippen LogP contribution in [0.2, 0.25) is 0 Å². The molecular weight excluding hydrogens is 535 g/mol. The highest BCUT2D eigenvalue weighted by Crippen LogP contribution is 2.39. The van der Waals surface area contributed by atoms with Crippen molar-refractivity contribution in [2.75, 3.05) is 61.2 Å². The number of fused-ring (bicyclic) bond motifs is 1. The molecule has 3 atom stereocenters. The van der Waals surface area contributed by atoms with E-state index in [1.54, 1.807) is 39.5 Å². The Morgan fingerprint density at radius 3 is 2.45 bits per heavy atom. The lowest BCUT2D eigenvalue weighted by molar-refractivity contribution is 0.132. The Labute approximate surface area is 250 Å². The second-order valence-corrected chi connectivity index (χ2v) is 11.3. The van der Waals surface area contributed by atoms with Gasteiger partial charge in [0.15, 0.2) is 23.1 Å². The van der Waals surface area contributed by atoms with Gasteiger partial charge in [-0.05, 0) is 98.3 Å². The summed E-state index contributed by atoms with van der Waals surface area (Å²) < 4.78 is 37.4. The topological polar surface area (TPSA) is 63.6 Å². The van der Waals surface area contributed by atoms with Gasteiger partial charge in [0.05, 0.1) is 14.2 Å². The first-order valence-corrected chi connectivity index (χ1v) is 15.0. The summed E-state index contributed by atoms with van der Waals surface area (Å²) >= 11 is 0. The van der Waals surface area contributed by atoms with E-state index in [9.17, 15) is 5.11 Å². The lowest BCUT2D eigenvalue weighted by Crippen LogP contribution is -2.44. The molecule has 2 unspecified atom stereocenters. The smallest absolute Gasteiger partial charge is 0.165 e. The fourth-order valence-electron chi connectivity index (χ4n) is 6.23. The summed E-state index contributed by atoms with van der Waals surface area (Å²) in [6, 6.07) is 11.1. The van der Waals surface area contributed by atoms with E-state index in [4.69, 9.17) is 18.9 Å². The van der Waals surface area contributed by atoms with Crippen LogP contribution in [0.4, 0.5) is 4.39 Å². The van der Waals surface area contributed by atoms with Gasteiger partial charge in [0.2, 0.25) is 0 Å². The fourth-order valence-corrected chi connectivity index (χ4v) is 6.23. The summed E-state index contributed by atoms with van der Waals surface area (Å²) in [5.41, 5.74) is 3.42. The fraction of sp³-hybridized carbons (Fsp3) is 0.529. The van der Waals surface area contributed by atoms with Gasteiger partial charge in [-0.3, -0.25) is 4.90 Å². The number of aryl methyl sites for hydroxylation is 1. The Balaban J connectivity index is 1.46. The number of halogens is 1. The number of benzene rings is 2. The van der Waals surface area contributed by atoms with Crippen LogP contribution in [0.1, 0.15) is 36.5 Å². The van der Waals surface area contributed by atoms with E-state index in [1.807, 2.05) is 19.2 Å². The maximum atomic E-state index is 15.1. The van der Waals surface area contributed by atoms with E-state index in [0.717, 1.165) is 69.0 Å². The standard InChI is InChI=1S/C34H47FN2O5/c1-6-37(23-24-8-13-32(30(35)18-24)42-17-15-36(2)14-7-16-39-3)31-22-34(41-5)33(40-4)21-29(31)27-10-9-26-20-28(38)12-11-25(26)19-27/h8,11-13,18,20-22,27,29,31,38H,6-7,9-10,14-17,19,23H2,1-5H3/t27-,29?,31?/m1/s1. The quantitative estimate of drug-likeness (QED) is 0.276. The molecule has 0 aliphatic heterocycles. The third-order valence-corrected chi connectivity index (χ3v) is 8.57. The number of likely N-dealkylation sites (N-methyl/N-ethyl adjacent to an activating group) is 2. The molecule has 8 heteroatoms. The number of hydrogen-bond acceptors (Lipinski definition) is 7. The highest BCUT2D eigenvalue weighted by atomic mass is 19.1. The molecule has 1 N–H and O–H groups in total. The van der Waals surface area contributed by atoms with Crippen molar-refractivity contribution in [1.29, 1.82) is 0 Å². The molecule has 4 rings (SSSR count). The van der Waals surface area contributed by atoms with Crippen molar-refractivity contribution in [3.05, 3.63) is 82.6 Å². The minimum absolute atomic E-state index is 0.0557. The van der Waals surface area contributed by atoms with E-state index >= 15 is 4.39 Å². The van der Waals surface area contributed by atoms with Crippen LogP contribution in [-0.2, 0) is 33.6 Å². The van der Waals surface area contributed by atoms with Gasteiger partial charge in [-0.25, -0.2) is 4.39 Å².